The summed E-state index contributed by atoms with van der Waals surface area (Å²) in [5.74, 6) is 0.0334. The van der Waals surface area contributed by atoms with Gasteiger partial charge in [-0.3, -0.25) is 4.79 Å². The molecule has 0 saturated carbocycles. The van der Waals surface area contributed by atoms with Crippen LogP contribution in [-0.2, 0) is 17.6 Å². The second kappa shape index (κ2) is 6.32. The highest BCUT2D eigenvalue weighted by molar-refractivity contribution is 7.14. The fourth-order valence-corrected chi connectivity index (χ4v) is 3.69. The van der Waals surface area contributed by atoms with Gasteiger partial charge in [0.1, 0.15) is 10.6 Å². The maximum atomic E-state index is 12.2. The van der Waals surface area contributed by atoms with Crippen molar-refractivity contribution in [3.05, 3.63) is 45.6 Å². The molecule has 114 valence electrons. The van der Waals surface area contributed by atoms with Crippen molar-refractivity contribution in [3.63, 3.8) is 0 Å². The van der Waals surface area contributed by atoms with E-state index in [-0.39, 0.29) is 11.9 Å². The van der Waals surface area contributed by atoms with Crippen LogP contribution in [-0.4, -0.2) is 11.9 Å². The molecule has 0 aliphatic heterocycles. The van der Waals surface area contributed by atoms with Gasteiger partial charge < -0.3 is 10.1 Å². The molecule has 22 heavy (non-hydrogen) atoms. The van der Waals surface area contributed by atoms with E-state index in [1.54, 1.807) is 35.6 Å². The lowest BCUT2D eigenvalue weighted by Gasteiger charge is -2.08. The Bertz CT molecular complexity index is 680. The minimum Gasteiger partial charge on any atom is -0.422 e. The Morgan fingerprint density at radius 2 is 1.86 bits per heavy atom. The quantitative estimate of drug-likeness (QED) is 0.692. The zero-order valence-electron chi connectivity index (χ0n) is 12.3. The van der Waals surface area contributed by atoms with Gasteiger partial charge in [-0.05, 0) is 61.6 Å². The minimum atomic E-state index is -0.313. The predicted molar refractivity (Wildman–Crippen MR) is 86.7 cm³/mol. The van der Waals surface area contributed by atoms with E-state index < -0.39 is 0 Å². The third-order valence-corrected chi connectivity index (χ3v) is 4.80. The molecule has 1 heterocycles. The van der Waals surface area contributed by atoms with Crippen molar-refractivity contribution < 1.29 is 14.3 Å². The molecule has 1 amide bonds. The Balaban J connectivity index is 1.68. The van der Waals surface area contributed by atoms with Crippen LogP contribution < -0.4 is 10.1 Å². The second-order valence-corrected chi connectivity index (χ2v) is 6.50. The van der Waals surface area contributed by atoms with Gasteiger partial charge in [-0.2, -0.15) is 0 Å². The summed E-state index contributed by atoms with van der Waals surface area (Å²) in [7, 11) is 0. The van der Waals surface area contributed by atoms with Gasteiger partial charge >= 0.3 is 5.97 Å². The average molecular weight is 315 g/mol. The van der Waals surface area contributed by atoms with Crippen LogP contribution in [0.2, 0.25) is 0 Å². The van der Waals surface area contributed by atoms with Crippen molar-refractivity contribution in [2.45, 2.75) is 32.6 Å². The van der Waals surface area contributed by atoms with Gasteiger partial charge in [0.25, 0.3) is 0 Å². The Hall–Kier alpha value is -2.14. The van der Waals surface area contributed by atoms with E-state index >= 15 is 0 Å². The number of aryl methyl sites for hydroxylation is 2. The molecule has 0 spiro atoms. The molecule has 4 nitrogen and oxygen atoms in total. The van der Waals surface area contributed by atoms with E-state index in [9.17, 15) is 9.59 Å². The molecular formula is C17H17NO3S. The summed E-state index contributed by atoms with van der Waals surface area (Å²) in [6.45, 7) is 1.45. The smallest absolute Gasteiger partial charge is 0.353 e. The first-order valence-corrected chi connectivity index (χ1v) is 8.15. The number of carbonyl (C=O) groups excluding carboxylic acids is 2. The van der Waals surface area contributed by atoms with Crippen LogP contribution >= 0.6 is 11.3 Å². The first-order valence-electron chi connectivity index (χ1n) is 7.33. The standard InChI is InChI=1S/C17H17NO3S/c1-11(19)18-13-6-8-14(9-7-13)21-17(20)16-10-12-4-2-3-5-15(12)22-16/h6-10H,2-5H2,1H3,(H,18,19). The molecule has 0 fully saturated rings. The molecule has 0 atom stereocenters. The van der Waals surface area contributed by atoms with Gasteiger partial charge in [0.05, 0.1) is 0 Å². The molecule has 0 unspecified atom stereocenters. The van der Waals surface area contributed by atoms with Crippen molar-refractivity contribution in [3.8, 4) is 5.75 Å². The highest BCUT2D eigenvalue weighted by atomic mass is 32.1. The molecule has 0 radical (unpaired) electrons. The molecule has 1 aliphatic rings. The number of benzene rings is 1. The summed E-state index contributed by atoms with van der Waals surface area (Å²) in [5, 5.41) is 2.67. The van der Waals surface area contributed by atoms with E-state index in [4.69, 9.17) is 4.74 Å². The first-order chi connectivity index (χ1) is 10.6. The van der Waals surface area contributed by atoms with E-state index in [1.807, 2.05) is 6.07 Å². The minimum absolute atomic E-state index is 0.131. The van der Waals surface area contributed by atoms with Crippen LogP contribution in [0.5, 0.6) is 5.75 Å². The fraction of sp³-hybridized carbons (Fsp3) is 0.294. The molecule has 5 heteroatoms. The number of ether oxygens (including phenoxy) is 1. The number of hydrogen-bond donors (Lipinski definition) is 1. The van der Waals surface area contributed by atoms with Crippen molar-refractivity contribution >= 4 is 28.9 Å². The SMILES string of the molecule is CC(=O)Nc1ccc(OC(=O)c2cc3c(s2)CCCC3)cc1. The Morgan fingerprint density at radius 3 is 2.55 bits per heavy atom. The first kappa shape index (κ1) is 14.8. The van der Waals surface area contributed by atoms with Gasteiger partial charge in [-0.25, -0.2) is 4.79 Å². The molecular weight excluding hydrogens is 298 g/mol. The van der Waals surface area contributed by atoms with Crippen LogP contribution in [0, 0.1) is 0 Å². The Morgan fingerprint density at radius 1 is 1.14 bits per heavy atom. The van der Waals surface area contributed by atoms with Gasteiger partial charge in [0.15, 0.2) is 0 Å². The zero-order valence-corrected chi connectivity index (χ0v) is 13.2. The maximum absolute atomic E-state index is 12.2. The van der Waals surface area contributed by atoms with E-state index in [2.05, 4.69) is 5.32 Å². The van der Waals surface area contributed by atoms with Crippen molar-refractivity contribution in [1.82, 2.24) is 0 Å². The van der Waals surface area contributed by atoms with Crippen molar-refractivity contribution in [2.24, 2.45) is 0 Å². The zero-order chi connectivity index (χ0) is 15.5. The monoisotopic (exact) mass is 315 g/mol. The number of fused-ring (bicyclic) bond motifs is 1. The van der Waals surface area contributed by atoms with E-state index in [1.165, 1.54) is 30.2 Å². The van der Waals surface area contributed by atoms with Crippen LogP contribution in [0.1, 0.15) is 39.9 Å². The lowest BCUT2D eigenvalue weighted by Crippen LogP contribution is -2.07. The number of esters is 1. The topological polar surface area (TPSA) is 55.4 Å². The highest BCUT2D eigenvalue weighted by Gasteiger charge is 2.18. The van der Waals surface area contributed by atoms with Crippen molar-refractivity contribution in [1.29, 1.82) is 0 Å². The summed E-state index contributed by atoms with van der Waals surface area (Å²) >= 11 is 1.54. The third kappa shape index (κ3) is 3.36. The fourth-order valence-electron chi connectivity index (χ4n) is 2.56. The van der Waals surface area contributed by atoms with Crippen LogP contribution in [0.4, 0.5) is 5.69 Å². The number of thiophene rings is 1. The maximum Gasteiger partial charge on any atom is 0.353 e. The van der Waals surface area contributed by atoms with Gasteiger partial charge in [0, 0.05) is 17.5 Å². The van der Waals surface area contributed by atoms with Crippen LogP contribution in [0.15, 0.2) is 30.3 Å². The third-order valence-electron chi connectivity index (χ3n) is 3.58. The molecule has 3 rings (SSSR count). The van der Waals surface area contributed by atoms with Crippen molar-refractivity contribution in [2.75, 3.05) is 5.32 Å². The Labute approximate surface area is 133 Å². The summed E-state index contributed by atoms with van der Waals surface area (Å²) in [6, 6.07) is 8.74. The van der Waals surface area contributed by atoms with Crippen LogP contribution in [0.25, 0.3) is 0 Å². The predicted octanol–water partition coefficient (Wildman–Crippen LogP) is 3.80. The second-order valence-electron chi connectivity index (χ2n) is 5.36. The number of nitrogens with one attached hydrogen (secondary N) is 1. The number of hydrogen-bond acceptors (Lipinski definition) is 4. The molecule has 0 bridgehead atoms. The van der Waals surface area contributed by atoms with Gasteiger partial charge in [0.2, 0.25) is 5.91 Å². The Kier molecular flexibility index (Phi) is 4.24. The average Bonchev–Trinajstić information content (AvgIpc) is 2.93. The molecule has 1 aliphatic carbocycles. The summed E-state index contributed by atoms with van der Waals surface area (Å²) in [5.41, 5.74) is 1.98. The summed E-state index contributed by atoms with van der Waals surface area (Å²) in [4.78, 5) is 25.2. The number of rotatable bonds is 3. The molecule has 1 N–H and O–H groups in total. The summed E-state index contributed by atoms with van der Waals surface area (Å²) < 4.78 is 5.40. The van der Waals surface area contributed by atoms with E-state index in [0.717, 1.165) is 12.8 Å². The molecule has 1 aromatic heterocycles. The van der Waals surface area contributed by atoms with Gasteiger partial charge in [-0.15, -0.1) is 11.3 Å². The van der Waals surface area contributed by atoms with E-state index in [0.29, 0.717) is 16.3 Å². The molecule has 1 aromatic carbocycles. The normalized spacial score (nSPS) is 13.3. The molecule has 2 aromatic rings. The molecule has 0 saturated heterocycles. The number of amides is 1. The number of carbonyl (C=O) groups is 2. The summed E-state index contributed by atoms with van der Waals surface area (Å²) in [6.07, 6.45) is 4.53. The highest BCUT2D eigenvalue weighted by Crippen LogP contribution is 2.30. The lowest BCUT2D eigenvalue weighted by molar-refractivity contribution is -0.114. The van der Waals surface area contributed by atoms with Crippen LogP contribution in [0.3, 0.4) is 0 Å². The number of anilines is 1. The largest absolute Gasteiger partial charge is 0.422 e. The van der Waals surface area contributed by atoms with Gasteiger partial charge in [-0.1, -0.05) is 0 Å². The lowest BCUT2D eigenvalue weighted by atomic mass is 9.99.